The van der Waals surface area contributed by atoms with Crippen LogP contribution in [-0.4, -0.2) is 31.7 Å². The minimum atomic E-state index is -0.146. The van der Waals surface area contributed by atoms with E-state index in [2.05, 4.69) is 0 Å². The zero-order valence-electron chi connectivity index (χ0n) is 7.78. The molecular formula is C10H16O3. The van der Waals surface area contributed by atoms with Gasteiger partial charge in [0.1, 0.15) is 12.4 Å². The molecule has 2 heterocycles. The first-order valence-electron chi connectivity index (χ1n) is 5.08. The fraction of sp³-hybridized carbons (Fsp3) is 0.900. The lowest BCUT2D eigenvalue weighted by Gasteiger charge is -2.26. The Morgan fingerprint density at radius 3 is 2.77 bits per heavy atom. The van der Waals surface area contributed by atoms with Crippen LogP contribution < -0.4 is 0 Å². The van der Waals surface area contributed by atoms with Crippen molar-refractivity contribution < 1.29 is 14.3 Å². The van der Waals surface area contributed by atoms with E-state index in [9.17, 15) is 4.79 Å². The summed E-state index contributed by atoms with van der Waals surface area (Å²) in [7, 11) is 0. The van der Waals surface area contributed by atoms with Gasteiger partial charge in [-0.15, -0.1) is 0 Å². The van der Waals surface area contributed by atoms with Crippen molar-refractivity contribution in [2.75, 3.05) is 13.2 Å². The third-order valence-electron chi connectivity index (χ3n) is 2.96. The van der Waals surface area contributed by atoms with Crippen molar-refractivity contribution in [1.29, 1.82) is 0 Å². The highest BCUT2D eigenvalue weighted by Gasteiger charge is 2.32. The predicted molar refractivity (Wildman–Crippen MR) is 47.5 cm³/mol. The Bertz CT molecular complexity index is 175. The van der Waals surface area contributed by atoms with Gasteiger partial charge in [0.25, 0.3) is 0 Å². The maximum Gasteiger partial charge on any atom is 0.148 e. The molecule has 0 bridgehead atoms. The van der Waals surface area contributed by atoms with Crippen molar-refractivity contribution in [1.82, 2.24) is 0 Å². The summed E-state index contributed by atoms with van der Waals surface area (Å²) in [6.07, 6.45) is 5.29. The monoisotopic (exact) mass is 184 g/mol. The molecule has 0 aromatic heterocycles. The van der Waals surface area contributed by atoms with Crippen LogP contribution in [0.15, 0.2) is 0 Å². The summed E-state index contributed by atoms with van der Waals surface area (Å²) >= 11 is 0. The smallest absolute Gasteiger partial charge is 0.148 e. The third kappa shape index (κ3) is 2.09. The molecular weight excluding hydrogens is 168 g/mol. The molecule has 3 unspecified atom stereocenters. The Kier molecular flexibility index (Phi) is 2.96. The summed E-state index contributed by atoms with van der Waals surface area (Å²) in [5.41, 5.74) is 0. The first-order valence-corrected chi connectivity index (χ1v) is 5.08. The molecule has 3 heteroatoms. The van der Waals surface area contributed by atoms with Crippen molar-refractivity contribution in [3.05, 3.63) is 0 Å². The zero-order chi connectivity index (χ0) is 9.10. The number of ether oxygens (including phenoxy) is 2. The minimum Gasteiger partial charge on any atom is -0.381 e. The van der Waals surface area contributed by atoms with Gasteiger partial charge in [0.2, 0.25) is 0 Å². The van der Waals surface area contributed by atoms with Gasteiger partial charge < -0.3 is 14.3 Å². The second-order valence-electron chi connectivity index (χ2n) is 3.90. The van der Waals surface area contributed by atoms with Crippen LogP contribution in [0.25, 0.3) is 0 Å². The molecule has 0 aromatic rings. The summed E-state index contributed by atoms with van der Waals surface area (Å²) in [5, 5.41) is 0. The summed E-state index contributed by atoms with van der Waals surface area (Å²) in [5.74, 6) is 0.527. The Morgan fingerprint density at radius 2 is 2.15 bits per heavy atom. The van der Waals surface area contributed by atoms with Gasteiger partial charge >= 0.3 is 0 Å². The van der Waals surface area contributed by atoms with Crippen LogP contribution in [0.5, 0.6) is 0 Å². The van der Waals surface area contributed by atoms with E-state index in [1.165, 1.54) is 6.42 Å². The van der Waals surface area contributed by atoms with Crippen LogP contribution in [0.4, 0.5) is 0 Å². The van der Waals surface area contributed by atoms with E-state index in [1.807, 2.05) is 0 Å². The van der Waals surface area contributed by atoms with Crippen LogP contribution >= 0.6 is 0 Å². The fourth-order valence-electron chi connectivity index (χ4n) is 2.19. The molecule has 0 saturated carbocycles. The normalized spacial score (nSPS) is 40.5. The number of aldehydes is 1. The zero-order valence-corrected chi connectivity index (χ0v) is 7.78. The lowest BCUT2D eigenvalue weighted by atomic mass is 9.94. The van der Waals surface area contributed by atoms with Gasteiger partial charge in [0, 0.05) is 12.5 Å². The van der Waals surface area contributed by atoms with E-state index in [4.69, 9.17) is 9.47 Å². The van der Waals surface area contributed by atoms with Gasteiger partial charge in [0.05, 0.1) is 12.7 Å². The van der Waals surface area contributed by atoms with Crippen LogP contribution in [0, 0.1) is 5.92 Å². The van der Waals surface area contributed by atoms with E-state index in [0.29, 0.717) is 5.92 Å². The lowest BCUT2D eigenvalue weighted by molar-refractivity contribution is -0.120. The van der Waals surface area contributed by atoms with Gasteiger partial charge in [-0.1, -0.05) is 0 Å². The predicted octanol–water partition coefficient (Wildman–Crippen LogP) is 1.16. The fourth-order valence-corrected chi connectivity index (χ4v) is 2.19. The average molecular weight is 184 g/mol. The van der Waals surface area contributed by atoms with Crippen molar-refractivity contribution in [3.8, 4) is 0 Å². The average Bonchev–Trinajstić information content (AvgIpc) is 2.67. The Balaban J connectivity index is 1.83. The maximum atomic E-state index is 10.5. The van der Waals surface area contributed by atoms with Crippen molar-refractivity contribution in [2.45, 2.75) is 37.9 Å². The number of carbonyl (C=O) groups excluding carboxylic acids is 1. The molecule has 74 valence electrons. The lowest BCUT2D eigenvalue weighted by Crippen LogP contribution is -2.29. The SMILES string of the molecule is O=CC1CCC(C2CCCOC2)O1. The van der Waals surface area contributed by atoms with Crippen LogP contribution in [0.2, 0.25) is 0 Å². The molecule has 2 rings (SSSR count). The molecule has 0 radical (unpaired) electrons. The quantitative estimate of drug-likeness (QED) is 0.604. The number of hydrogen-bond donors (Lipinski definition) is 0. The van der Waals surface area contributed by atoms with Crippen LogP contribution in [0.1, 0.15) is 25.7 Å². The van der Waals surface area contributed by atoms with Crippen molar-refractivity contribution in [3.63, 3.8) is 0 Å². The summed E-state index contributed by atoms with van der Waals surface area (Å²) in [4.78, 5) is 10.5. The van der Waals surface area contributed by atoms with E-state index in [1.54, 1.807) is 0 Å². The maximum absolute atomic E-state index is 10.5. The number of rotatable bonds is 2. The van der Waals surface area contributed by atoms with E-state index in [-0.39, 0.29) is 12.2 Å². The van der Waals surface area contributed by atoms with Crippen molar-refractivity contribution in [2.24, 2.45) is 5.92 Å². The third-order valence-corrected chi connectivity index (χ3v) is 2.96. The van der Waals surface area contributed by atoms with Gasteiger partial charge in [-0.05, 0) is 25.7 Å². The molecule has 0 aliphatic carbocycles. The van der Waals surface area contributed by atoms with Crippen LogP contribution in [0.3, 0.4) is 0 Å². The standard InChI is InChI=1S/C10H16O3/c11-6-9-3-4-10(13-9)8-2-1-5-12-7-8/h6,8-10H,1-5,7H2. The minimum absolute atomic E-state index is 0.146. The molecule has 0 N–H and O–H groups in total. The molecule has 0 spiro atoms. The summed E-state index contributed by atoms with van der Waals surface area (Å²) in [6.45, 7) is 1.70. The molecule has 3 nitrogen and oxygen atoms in total. The molecule has 3 atom stereocenters. The second kappa shape index (κ2) is 4.20. The van der Waals surface area contributed by atoms with Gasteiger partial charge in [-0.2, -0.15) is 0 Å². The Morgan fingerprint density at radius 1 is 1.23 bits per heavy atom. The first kappa shape index (κ1) is 9.16. The molecule has 2 aliphatic rings. The highest BCUT2D eigenvalue weighted by atomic mass is 16.5. The highest BCUT2D eigenvalue weighted by Crippen LogP contribution is 2.29. The molecule has 2 fully saturated rings. The number of carbonyl (C=O) groups is 1. The first-order chi connectivity index (χ1) is 6.40. The van der Waals surface area contributed by atoms with Gasteiger partial charge in [-0.25, -0.2) is 0 Å². The Hall–Kier alpha value is -0.410. The summed E-state index contributed by atoms with van der Waals surface area (Å²) in [6, 6.07) is 0. The second-order valence-corrected chi connectivity index (χ2v) is 3.90. The van der Waals surface area contributed by atoms with E-state index < -0.39 is 0 Å². The van der Waals surface area contributed by atoms with Crippen LogP contribution in [-0.2, 0) is 14.3 Å². The van der Waals surface area contributed by atoms with Gasteiger partial charge in [0.15, 0.2) is 0 Å². The van der Waals surface area contributed by atoms with Gasteiger partial charge in [-0.3, -0.25) is 0 Å². The molecule has 2 saturated heterocycles. The molecule has 0 amide bonds. The van der Waals surface area contributed by atoms with Crippen molar-refractivity contribution >= 4 is 6.29 Å². The Labute approximate surface area is 78.4 Å². The van der Waals surface area contributed by atoms with E-state index in [0.717, 1.165) is 38.8 Å². The molecule has 2 aliphatic heterocycles. The number of hydrogen-bond acceptors (Lipinski definition) is 3. The van der Waals surface area contributed by atoms with E-state index >= 15 is 0 Å². The largest absolute Gasteiger partial charge is 0.381 e. The molecule has 0 aromatic carbocycles. The topological polar surface area (TPSA) is 35.5 Å². The summed E-state index contributed by atoms with van der Waals surface area (Å²) < 4.78 is 11.0. The molecule has 13 heavy (non-hydrogen) atoms. The highest BCUT2D eigenvalue weighted by molar-refractivity contribution is 5.56.